The molecule has 0 unspecified atom stereocenters. The maximum atomic E-state index is 2.45. The molecule has 0 atom stereocenters. The zero-order valence-corrected chi connectivity index (χ0v) is 31.3. The SMILES string of the molecule is c1ccc(-c2ccc3c(-c4ccc(-n5c6cc(-c7ccccc7)ccc6c6ccc(-c7ccccc7)cc65)cc4)c4ccccc4c(-c4ccccc4)c3c2)cc1. The number of aromatic nitrogens is 1. The van der Waals surface area contributed by atoms with Crippen LogP contribution in [0.5, 0.6) is 0 Å². The summed E-state index contributed by atoms with van der Waals surface area (Å²) in [6.45, 7) is 0. The fraction of sp³-hybridized carbons (Fsp3) is 0. The molecule has 1 aromatic heterocycles. The molecule has 0 N–H and O–H groups in total. The van der Waals surface area contributed by atoms with Gasteiger partial charge in [0.15, 0.2) is 0 Å². The Balaban J connectivity index is 1.14. The summed E-state index contributed by atoms with van der Waals surface area (Å²) < 4.78 is 2.45. The minimum Gasteiger partial charge on any atom is -0.309 e. The van der Waals surface area contributed by atoms with Gasteiger partial charge >= 0.3 is 0 Å². The number of rotatable bonds is 6. The molecular formula is C56H37N. The highest BCUT2D eigenvalue weighted by Crippen LogP contribution is 2.45. The molecule has 0 aliphatic rings. The smallest absolute Gasteiger partial charge is 0.0547 e. The Hall–Kier alpha value is -7.48. The first-order valence-corrected chi connectivity index (χ1v) is 19.7. The molecule has 0 aliphatic heterocycles. The molecule has 1 nitrogen and oxygen atoms in total. The van der Waals surface area contributed by atoms with E-state index in [1.54, 1.807) is 0 Å². The predicted molar refractivity (Wildman–Crippen MR) is 243 cm³/mol. The Morgan fingerprint density at radius 1 is 0.211 bits per heavy atom. The van der Waals surface area contributed by atoms with Gasteiger partial charge in [-0.25, -0.2) is 0 Å². The van der Waals surface area contributed by atoms with Crippen LogP contribution in [0.2, 0.25) is 0 Å². The van der Waals surface area contributed by atoms with Gasteiger partial charge in [0.25, 0.3) is 0 Å². The van der Waals surface area contributed by atoms with Crippen LogP contribution in [0.1, 0.15) is 0 Å². The summed E-state index contributed by atoms with van der Waals surface area (Å²) in [4.78, 5) is 0. The first-order valence-electron chi connectivity index (χ1n) is 19.7. The first kappa shape index (κ1) is 32.9. The van der Waals surface area contributed by atoms with Crippen LogP contribution in [0.4, 0.5) is 0 Å². The van der Waals surface area contributed by atoms with Crippen molar-refractivity contribution in [1.29, 1.82) is 0 Å². The lowest BCUT2D eigenvalue weighted by Gasteiger charge is -2.19. The molecule has 0 aliphatic carbocycles. The van der Waals surface area contributed by atoms with Crippen LogP contribution in [-0.4, -0.2) is 4.57 Å². The molecular weight excluding hydrogens is 687 g/mol. The van der Waals surface area contributed by atoms with Crippen molar-refractivity contribution in [3.05, 3.63) is 224 Å². The summed E-state index contributed by atoms with van der Waals surface area (Å²) in [5.74, 6) is 0. The van der Waals surface area contributed by atoms with Gasteiger partial charge in [0.1, 0.15) is 0 Å². The van der Waals surface area contributed by atoms with E-state index in [2.05, 4.69) is 229 Å². The van der Waals surface area contributed by atoms with Crippen molar-refractivity contribution in [2.24, 2.45) is 0 Å². The highest BCUT2D eigenvalue weighted by molar-refractivity contribution is 6.22. The molecule has 0 fully saturated rings. The van der Waals surface area contributed by atoms with Crippen molar-refractivity contribution in [2.75, 3.05) is 0 Å². The zero-order valence-electron chi connectivity index (χ0n) is 31.3. The van der Waals surface area contributed by atoms with Crippen LogP contribution in [0, 0.1) is 0 Å². The van der Waals surface area contributed by atoms with Gasteiger partial charge in [-0.15, -0.1) is 0 Å². The third-order valence-electron chi connectivity index (χ3n) is 11.6. The van der Waals surface area contributed by atoms with Crippen LogP contribution in [0.25, 0.3) is 105 Å². The van der Waals surface area contributed by atoms with Gasteiger partial charge in [0, 0.05) is 16.5 Å². The molecule has 0 saturated heterocycles. The van der Waals surface area contributed by atoms with Crippen LogP contribution in [0.3, 0.4) is 0 Å². The van der Waals surface area contributed by atoms with Crippen molar-refractivity contribution in [2.45, 2.75) is 0 Å². The normalized spacial score (nSPS) is 11.5. The number of nitrogens with zero attached hydrogens (tertiary/aromatic N) is 1. The lowest BCUT2D eigenvalue weighted by atomic mass is 9.85. The lowest BCUT2D eigenvalue weighted by molar-refractivity contribution is 1.18. The monoisotopic (exact) mass is 723 g/mol. The number of hydrogen-bond acceptors (Lipinski definition) is 0. The molecule has 266 valence electrons. The average molecular weight is 724 g/mol. The van der Waals surface area contributed by atoms with E-state index in [0.717, 1.165) is 5.69 Å². The van der Waals surface area contributed by atoms with Gasteiger partial charge < -0.3 is 4.57 Å². The minimum absolute atomic E-state index is 1.13. The van der Waals surface area contributed by atoms with E-state index >= 15 is 0 Å². The summed E-state index contributed by atoms with van der Waals surface area (Å²) in [7, 11) is 0. The molecule has 0 bridgehead atoms. The van der Waals surface area contributed by atoms with Gasteiger partial charge in [-0.3, -0.25) is 0 Å². The molecule has 0 radical (unpaired) electrons. The largest absolute Gasteiger partial charge is 0.309 e. The summed E-state index contributed by atoms with van der Waals surface area (Å²) in [5.41, 5.74) is 15.7. The van der Waals surface area contributed by atoms with Gasteiger partial charge in [0.2, 0.25) is 0 Å². The number of hydrogen-bond donors (Lipinski definition) is 0. The molecule has 0 amide bonds. The number of benzene rings is 10. The van der Waals surface area contributed by atoms with Crippen molar-refractivity contribution in [1.82, 2.24) is 4.57 Å². The van der Waals surface area contributed by atoms with E-state index in [-0.39, 0.29) is 0 Å². The van der Waals surface area contributed by atoms with Gasteiger partial charge in [0.05, 0.1) is 11.0 Å². The minimum atomic E-state index is 1.13. The topological polar surface area (TPSA) is 4.93 Å². The summed E-state index contributed by atoms with van der Waals surface area (Å²) in [5, 5.41) is 7.50. The molecule has 11 aromatic rings. The maximum Gasteiger partial charge on any atom is 0.0547 e. The number of fused-ring (bicyclic) bond motifs is 5. The Bertz CT molecular complexity index is 3140. The van der Waals surface area contributed by atoms with Crippen molar-refractivity contribution in [3.8, 4) is 61.3 Å². The predicted octanol–water partition coefficient (Wildman–Crippen LogP) is 15.4. The molecule has 0 spiro atoms. The Morgan fingerprint density at radius 2 is 0.544 bits per heavy atom. The Morgan fingerprint density at radius 3 is 1.02 bits per heavy atom. The Kier molecular flexibility index (Phi) is 7.89. The summed E-state index contributed by atoms with van der Waals surface area (Å²) in [6.07, 6.45) is 0. The van der Waals surface area contributed by atoms with Gasteiger partial charge in [-0.1, -0.05) is 194 Å². The highest BCUT2D eigenvalue weighted by atomic mass is 15.0. The van der Waals surface area contributed by atoms with E-state index in [4.69, 9.17) is 0 Å². The van der Waals surface area contributed by atoms with Crippen molar-refractivity contribution >= 4 is 43.4 Å². The molecule has 1 heterocycles. The van der Waals surface area contributed by atoms with E-state index in [0.29, 0.717) is 0 Å². The quantitative estimate of drug-likeness (QED) is 0.151. The highest BCUT2D eigenvalue weighted by Gasteiger charge is 2.19. The third-order valence-corrected chi connectivity index (χ3v) is 11.6. The van der Waals surface area contributed by atoms with E-state index < -0.39 is 0 Å². The second-order valence-electron chi connectivity index (χ2n) is 14.9. The Labute approximate surface area is 332 Å². The van der Waals surface area contributed by atoms with Gasteiger partial charge in [-0.05, 0) is 108 Å². The second-order valence-corrected chi connectivity index (χ2v) is 14.9. The fourth-order valence-corrected chi connectivity index (χ4v) is 8.91. The van der Waals surface area contributed by atoms with Gasteiger partial charge in [-0.2, -0.15) is 0 Å². The van der Waals surface area contributed by atoms with Crippen molar-refractivity contribution in [3.63, 3.8) is 0 Å². The van der Waals surface area contributed by atoms with Crippen molar-refractivity contribution < 1.29 is 0 Å². The molecule has 57 heavy (non-hydrogen) atoms. The molecule has 0 saturated carbocycles. The summed E-state index contributed by atoms with van der Waals surface area (Å²) >= 11 is 0. The van der Waals surface area contributed by atoms with E-state index in [1.807, 2.05) is 0 Å². The van der Waals surface area contributed by atoms with Crippen LogP contribution in [-0.2, 0) is 0 Å². The van der Waals surface area contributed by atoms with Crippen LogP contribution in [0.15, 0.2) is 224 Å². The van der Waals surface area contributed by atoms with Crippen LogP contribution >= 0.6 is 0 Å². The standard InChI is InChI=1S/C56H37N/c1-5-15-38(16-6-1)43-29-34-51-52(35-43)56(41-21-11-4-12-22-41)50-24-14-13-23-49(50)55(51)42-25-30-46(31-26-42)57-53-36-44(39-17-7-2-8-18-39)27-32-47(53)48-33-28-45(37-54(48)57)40-19-9-3-10-20-40/h1-37H. The summed E-state index contributed by atoms with van der Waals surface area (Å²) in [6, 6.07) is 82.0. The molecule has 1 heteroatoms. The third kappa shape index (κ3) is 5.63. The lowest BCUT2D eigenvalue weighted by Crippen LogP contribution is -1.95. The van der Waals surface area contributed by atoms with E-state index in [1.165, 1.54) is 99.0 Å². The van der Waals surface area contributed by atoms with Crippen LogP contribution < -0.4 is 0 Å². The average Bonchev–Trinajstić information content (AvgIpc) is 3.62. The zero-order chi connectivity index (χ0) is 37.7. The maximum absolute atomic E-state index is 2.45. The van der Waals surface area contributed by atoms with E-state index in [9.17, 15) is 0 Å². The first-order chi connectivity index (χ1) is 28.3. The molecule has 11 rings (SSSR count). The second kappa shape index (κ2) is 13.7. The fourth-order valence-electron chi connectivity index (χ4n) is 8.91. The molecule has 10 aromatic carbocycles.